The summed E-state index contributed by atoms with van der Waals surface area (Å²) in [6.45, 7) is 1.73. The lowest BCUT2D eigenvalue weighted by atomic mass is 10.3. The third kappa shape index (κ3) is 3.21. The predicted octanol–water partition coefficient (Wildman–Crippen LogP) is 0.324. The Morgan fingerprint density at radius 2 is 2.38 bits per heavy atom. The lowest BCUT2D eigenvalue weighted by molar-refractivity contribution is -0.113. The molecule has 0 unspecified atom stereocenters. The minimum Gasteiger partial charge on any atom is -0.512 e. The molecule has 0 spiro atoms. The molecule has 0 bridgehead atoms. The maximum atomic E-state index is 9.95. The van der Waals surface area contributed by atoms with Gasteiger partial charge in [0, 0.05) is 12.5 Å². The van der Waals surface area contributed by atoms with Gasteiger partial charge in [0.2, 0.25) is 5.91 Å². The molecule has 0 radical (unpaired) electrons. The van der Waals surface area contributed by atoms with Gasteiger partial charge in [0.25, 0.3) is 0 Å². The number of rotatable bonds is 2. The van der Waals surface area contributed by atoms with Crippen molar-refractivity contribution in [3.63, 3.8) is 0 Å². The molecular weight excluding hydrogens is 106 g/mol. The van der Waals surface area contributed by atoms with Gasteiger partial charge in [0.05, 0.1) is 5.76 Å². The van der Waals surface area contributed by atoms with Crippen molar-refractivity contribution in [1.29, 1.82) is 0 Å². The van der Waals surface area contributed by atoms with Gasteiger partial charge >= 0.3 is 0 Å². The van der Waals surface area contributed by atoms with Gasteiger partial charge in [-0.25, -0.2) is 0 Å². The van der Waals surface area contributed by atoms with E-state index in [1.54, 1.807) is 6.92 Å². The Kier molecular flexibility index (Phi) is 2.69. The summed E-state index contributed by atoms with van der Waals surface area (Å²) in [6.07, 6.45) is 1.45. The monoisotopic (exact) mass is 115 g/mol. The van der Waals surface area contributed by atoms with E-state index in [0.717, 1.165) is 6.08 Å². The second-order valence-corrected chi connectivity index (χ2v) is 1.39. The zero-order valence-corrected chi connectivity index (χ0v) is 4.72. The Bertz CT molecular complexity index is 118. The van der Waals surface area contributed by atoms with Crippen molar-refractivity contribution in [3.8, 4) is 0 Å². The summed E-state index contributed by atoms with van der Waals surface area (Å²) in [5.41, 5.74) is 4.69. The minimum atomic E-state index is -0.607. The third-order valence-electron chi connectivity index (χ3n) is 0.671. The molecule has 0 aromatic carbocycles. The molecule has 0 aliphatic rings. The van der Waals surface area contributed by atoms with Crippen molar-refractivity contribution in [2.24, 2.45) is 5.73 Å². The highest BCUT2D eigenvalue weighted by atomic mass is 16.3. The van der Waals surface area contributed by atoms with Crippen LogP contribution in [0, 0.1) is 0 Å². The number of amides is 1. The Balaban J connectivity index is 3.75. The molecular formula is C5H9NO2. The van der Waals surface area contributed by atoms with Crippen molar-refractivity contribution < 1.29 is 9.90 Å². The highest BCUT2D eigenvalue weighted by molar-refractivity contribution is 5.86. The lowest BCUT2D eigenvalue weighted by Gasteiger charge is -1.87. The maximum absolute atomic E-state index is 9.95. The van der Waals surface area contributed by atoms with E-state index < -0.39 is 5.91 Å². The van der Waals surface area contributed by atoms with Gasteiger partial charge in [0.1, 0.15) is 0 Å². The van der Waals surface area contributed by atoms with E-state index in [-0.39, 0.29) is 5.76 Å². The van der Waals surface area contributed by atoms with Crippen LogP contribution >= 0.6 is 0 Å². The van der Waals surface area contributed by atoms with Gasteiger partial charge < -0.3 is 10.8 Å². The molecule has 1 amide bonds. The van der Waals surface area contributed by atoms with Gasteiger partial charge in [0.15, 0.2) is 0 Å². The van der Waals surface area contributed by atoms with E-state index in [0.29, 0.717) is 6.42 Å². The van der Waals surface area contributed by atoms with Gasteiger partial charge in [-0.05, 0) is 0 Å². The van der Waals surface area contributed by atoms with Crippen LogP contribution in [0.3, 0.4) is 0 Å². The predicted molar refractivity (Wildman–Crippen MR) is 30.2 cm³/mol. The first kappa shape index (κ1) is 7.01. The van der Waals surface area contributed by atoms with E-state index in [1.165, 1.54) is 0 Å². The van der Waals surface area contributed by atoms with E-state index in [9.17, 15) is 4.79 Å². The largest absolute Gasteiger partial charge is 0.512 e. The molecule has 0 saturated heterocycles. The maximum Gasteiger partial charge on any atom is 0.244 e. The first-order valence-corrected chi connectivity index (χ1v) is 2.35. The van der Waals surface area contributed by atoms with Crippen LogP contribution < -0.4 is 5.73 Å². The fourth-order valence-corrected chi connectivity index (χ4v) is 0.266. The lowest BCUT2D eigenvalue weighted by Crippen LogP contribution is -2.06. The second kappa shape index (κ2) is 3.07. The summed E-state index contributed by atoms with van der Waals surface area (Å²) in [5.74, 6) is -0.582. The average molecular weight is 115 g/mol. The fraction of sp³-hybridized carbons (Fsp3) is 0.400. The molecule has 46 valence electrons. The Labute approximate surface area is 47.8 Å². The van der Waals surface area contributed by atoms with E-state index in [4.69, 9.17) is 10.8 Å². The third-order valence-corrected chi connectivity index (χ3v) is 0.671. The second-order valence-electron chi connectivity index (χ2n) is 1.39. The topological polar surface area (TPSA) is 63.3 Å². The number of allylic oxidation sites excluding steroid dienone is 1. The normalized spacial score (nSPS) is 11.4. The molecule has 0 fully saturated rings. The van der Waals surface area contributed by atoms with E-state index >= 15 is 0 Å². The molecule has 0 atom stereocenters. The minimum absolute atomic E-state index is 0.0255. The summed E-state index contributed by atoms with van der Waals surface area (Å²) in [6, 6.07) is 0. The van der Waals surface area contributed by atoms with Crippen LogP contribution in [0.25, 0.3) is 0 Å². The number of hydrogen-bond acceptors (Lipinski definition) is 2. The van der Waals surface area contributed by atoms with Crippen molar-refractivity contribution in [3.05, 3.63) is 11.8 Å². The highest BCUT2D eigenvalue weighted by Crippen LogP contribution is 1.90. The van der Waals surface area contributed by atoms with Gasteiger partial charge in [-0.15, -0.1) is 0 Å². The van der Waals surface area contributed by atoms with E-state index in [2.05, 4.69) is 0 Å². The Hall–Kier alpha value is -0.990. The summed E-state index contributed by atoms with van der Waals surface area (Å²) in [4.78, 5) is 9.95. The van der Waals surface area contributed by atoms with Crippen molar-refractivity contribution in [2.45, 2.75) is 13.3 Å². The quantitative estimate of drug-likeness (QED) is 0.402. The molecule has 0 heterocycles. The van der Waals surface area contributed by atoms with Crippen LogP contribution in [0.4, 0.5) is 0 Å². The number of aliphatic hydroxyl groups is 1. The first-order chi connectivity index (χ1) is 3.66. The number of carbonyl (C=O) groups excluding carboxylic acids is 1. The molecule has 8 heavy (non-hydrogen) atoms. The van der Waals surface area contributed by atoms with Crippen LogP contribution in [0.2, 0.25) is 0 Å². The number of nitrogens with two attached hydrogens (primary N) is 1. The molecule has 0 saturated carbocycles. The van der Waals surface area contributed by atoms with Crippen LogP contribution in [-0.4, -0.2) is 11.0 Å². The summed E-state index contributed by atoms with van der Waals surface area (Å²) in [5, 5.41) is 8.59. The molecule has 0 aliphatic carbocycles. The Morgan fingerprint density at radius 1 is 1.88 bits per heavy atom. The SMILES string of the molecule is CCC(O)=CC(N)=O. The highest BCUT2D eigenvalue weighted by Gasteiger charge is 1.88. The molecule has 3 heteroatoms. The molecule has 0 aromatic rings. The van der Waals surface area contributed by atoms with Crippen LogP contribution in [0.1, 0.15) is 13.3 Å². The number of primary amides is 1. The smallest absolute Gasteiger partial charge is 0.244 e. The zero-order chi connectivity index (χ0) is 6.57. The van der Waals surface area contributed by atoms with Crippen LogP contribution in [0.5, 0.6) is 0 Å². The van der Waals surface area contributed by atoms with Gasteiger partial charge in [-0.3, -0.25) is 4.79 Å². The van der Waals surface area contributed by atoms with Gasteiger partial charge in [-0.1, -0.05) is 6.92 Å². The summed E-state index contributed by atoms with van der Waals surface area (Å²) >= 11 is 0. The molecule has 3 nitrogen and oxygen atoms in total. The van der Waals surface area contributed by atoms with Crippen molar-refractivity contribution in [2.75, 3.05) is 0 Å². The van der Waals surface area contributed by atoms with Crippen LogP contribution in [0.15, 0.2) is 11.8 Å². The number of carbonyl (C=O) groups is 1. The van der Waals surface area contributed by atoms with Crippen molar-refractivity contribution in [1.82, 2.24) is 0 Å². The number of aliphatic hydroxyl groups excluding tert-OH is 1. The zero-order valence-electron chi connectivity index (χ0n) is 4.72. The van der Waals surface area contributed by atoms with Gasteiger partial charge in [-0.2, -0.15) is 0 Å². The number of hydrogen-bond donors (Lipinski definition) is 2. The molecule has 0 aliphatic heterocycles. The fourth-order valence-electron chi connectivity index (χ4n) is 0.266. The average Bonchev–Trinajstić information content (AvgIpc) is 1.65. The first-order valence-electron chi connectivity index (χ1n) is 2.35. The van der Waals surface area contributed by atoms with Crippen LogP contribution in [-0.2, 0) is 4.79 Å². The summed E-state index contributed by atoms with van der Waals surface area (Å²) < 4.78 is 0. The van der Waals surface area contributed by atoms with E-state index in [1.807, 2.05) is 0 Å². The molecule has 3 N–H and O–H groups in total. The van der Waals surface area contributed by atoms with Crippen molar-refractivity contribution >= 4 is 5.91 Å². The standard InChI is InChI=1S/C5H9NO2/c1-2-4(7)3-5(6)8/h3,7H,2H2,1H3,(H2,6,8). The summed E-state index contributed by atoms with van der Waals surface area (Å²) in [7, 11) is 0. The Morgan fingerprint density at radius 3 is 2.50 bits per heavy atom. The molecule has 0 rings (SSSR count). The molecule has 0 aromatic heterocycles.